The summed E-state index contributed by atoms with van der Waals surface area (Å²) in [6.45, 7) is 2.42. The third kappa shape index (κ3) is 5.55. The maximum absolute atomic E-state index is 13.9. The lowest BCUT2D eigenvalue weighted by Crippen LogP contribution is -2.40. The van der Waals surface area contributed by atoms with E-state index < -0.39 is 5.97 Å². The number of rotatable bonds is 7. The van der Waals surface area contributed by atoms with Gasteiger partial charge in [0.15, 0.2) is 0 Å². The fourth-order valence-electron chi connectivity index (χ4n) is 5.98. The molecule has 1 amide bonds. The second-order valence-corrected chi connectivity index (χ2v) is 11.0. The largest absolute Gasteiger partial charge is 0.481 e. The number of hydrogen-bond acceptors (Lipinski definition) is 4. The van der Waals surface area contributed by atoms with E-state index in [1.54, 1.807) is 16.8 Å². The zero-order chi connectivity index (χ0) is 28.5. The average molecular weight is 551 g/mol. The highest BCUT2D eigenvalue weighted by atomic mass is 19.1. The number of amides is 1. The van der Waals surface area contributed by atoms with Crippen LogP contribution in [-0.2, 0) is 11.3 Å². The predicted molar refractivity (Wildman–Crippen MR) is 156 cm³/mol. The first-order valence-electron chi connectivity index (χ1n) is 14.0. The molecule has 0 radical (unpaired) electrons. The van der Waals surface area contributed by atoms with Crippen molar-refractivity contribution in [3.63, 3.8) is 0 Å². The van der Waals surface area contributed by atoms with Crippen LogP contribution in [0.25, 0.3) is 32.9 Å². The summed E-state index contributed by atoms with van der Waals surface area (Å²) >= 11 is 0. The van der Waals surface area contributed by atoms with Crippen molar-refractivity contribution in [3.8, 4) is 11.1 Å². The normalized spacial score (nSPS) is 17.9. The van der Waals surface area contributed by atoms with Crippen LogP contribution in [0, 0.1) is 17.7 Å². The number of halogens is 1. The molecule has 0 saturated heterocycles. The number of carbonyl (C=O) groups excluding carboxylic acids is 1. The topological polar surface area (TPSA) is 97.1 Å². The molecule has 2 N–H and O–H groups in total. The van der Waals surface area contributed by atoms with Crippen LogP contribution >= 0.6 is 0 Å². The zero-order valence-electron chi connectivity index (χ0n) is 22.8. The van der Waals surface area contributed by atoms with Gasteiger partial charge in [0.05, 0.1) is 18.0 Å². The molecule has 1 aliphatic rings. The SMILES string of the molecule is C[C@H](NC(=O)c1cc(-c2ccc(F)cc2)cc2nnn(Cc3ccc4ccccc4c3)c12)C1CCC(C(=O)O)CC1. The molecule has 1 fully saturated rings. The van der Waals surface area contributed by atoms with Crippen molar-refractivity contribution in [1.82, 2.24) is 20.3 Å². The van der Waals surface area contributed by atoms with Gasteiger partial charge in [-0.1, -0.05) is 53.7 Å². The number of aromatic nitrogens is 3. The molecule has 8 heteroatoms. The van der Waals surface area contributed by atoms with Crippen LogP contribution in [0.3, 0.4) is 0 Å². The van der Waals surface area contributed by atoms with E-state index in [1.807, 2.05) is 31.2 Å². The minimum Gasteiger partial charge on any atom is -0.481 e. The Balaban J connectivity index is 1.34. The van der Waals surface area contributed by atoms with E-state index in [0.717, 1.165) is 40.3 Å². The summed E-state index contributed by atoms with van der Waals surface area (Å²) in [6, 6.07) is 24.1. The van der Waals surface area contributed by atoms with Gasteiger partial charge in [-0.3, -0.25) is 9.59 Å². The third-order valence-electron chi connectivity index (χ3n) is 8.36. The van der Waals surface area contributed by atoms with Gasteiger partial charge in [-0.2, -0.15) is 0 Å². The molecule has 41 heavy (non-hydrogen) atoms. The molecule has 1 aromatic heterocycles. The van der Waals surface area contributed by atoms with E-state index in [0.29, 0.717) is 36.0 Å². The number of aliphatic carboxylic acids is 1. The summed E-state index contributed by atoms with van der Waals surface area (Å²) < 4.78 is 15.4. The van der Waals surface area contributed by atoms with Crippen LogP contribution in [-0.4, -0.2) is 38.0 Å². The van der Waals surface area contributed by atoms with Gasteiger partial charge in [0.2, 0.25) is 0 Å². The first kappa shape index (κ1) is 26.6. The summed E-state index contributed by atoms with van der Waals surface area (Å²) in [7, 11) is 0. The summed E-state index contributed by atoms with van der Waals surface area (Å²) in [6.07, 6.45) is 2.75. The molecular formula is C33H31FN4O3. The lowest BCUT2D eigenvalue weighted by atomic mass is 9.79. The van der Waals surface area contributed by atoms with Gasteiger partial charge >= 0.3 is 5.97 Å². The van der Waals surface area contributed by atoms with E-state index in [2.05, 4.69) is 46.0 Å². The Morgan fingerprint density at radius 3 is 2.41 bits per heavy atom. The second-order valence-electron chi connectivity index (χ2n) is 11.0. The standard InChI is InChI=1S/C33H31FN4O3/c1-20(22-8-10-25(11-9-22)33(40)41)35-32(39)29-17-27(24-12-14-28(34)15-13-24)18-30-31(29)38(37-36-30)19-21-6-7-23-4-2-3-5-26(23)16-21/h2-7,12-18,20,22,25H,8-11,19H2,1H3,(H,35,39)(H,40,41)/t20-,22?,25?/m0/s1. The molecule has 4 aromatic carbocycles. The number of nitrogens with zero attached hydrogens (tertiary/aromatic N) is 3. The fourth-order valence-corrected chi connectivity index (χ4v) is 5.98. The van der Waals surface area contributed by atoms with Gasteiger partial charge in [-0.05, 0) is 96.3 Å². The van der Waals surface area contributed by atoms with Gasteiger partial charge in [-0.25, -0.2) is 9.07 Å². The lowest BCUT2D eigenvalue weighted by Gasteiger charge is -2.31. The van der Waals surface area contributed by atoms with Crippen LogP contribution < -0.4 is 5.32 Å². The molecule has 0 bridgehead atoms. The van der Waals surface area contributed by atoms with Gasteiger partial charge in [0.25, 0.3) is 5.91 Å². The second kappa shape index (κ2) is 11.1. The van der Waals surface area contributed by atoms with Gasteiger partial charge in [-0.15, -0.1) is 5.10 Å². The van der Waals surface area contributed by atoms with Gasteiger partial charge in [0, 0.05) is 6.04 Å². The Morgan fingerprint density at radius 2 is 1.68 bits per heavy atom. The highest BCUT2D eigenvalue weighted by Gasteiger charge is 2.30. The maximum atomic E-state index is 13.9. The number of benzene rings is 4. The molecular weight excluding hydrogens is 519 g/mol. The Morgan fingerprint density at radius 1 is 0.951 bits per heavy atom. The minimum atomic E-state index is -0.743. The summed E-state index contributed by atoms with van der Waals surface area (Å²) in [5.74, 6) is -1.43. The predicted octanol–water partition coefficient (Wildman–Crippen LogP) is 6.45. The van der Waals surface area contributed by atoms with Crippen molar-refractivity contribution in [2.24, 2.45) is 11.8 Å². The summed E-state index contributed by atoms with van der Waals surface area (Å²) in [5.41, 5.74) is 4.20. The van der Waals surface area contributed by atoms with Crippen molar-refractivity contribution in [2.75, 3.05) is 0 Å². The first-order valence-corrected chi connectivity index (χ1v) is 14.0. The van der Waals surface area contributed by atoms with E-state index in [-0.39, 0.29) is 29.6 Å². The molecule has 208 valence electrons. The zero-order valence-corrected chi connectivity index (χ0v) is 22.8. The monoisotopic (exact) mass is 550 g/mol. The molecule has 0 aliphatic heterocycles. The molecule has 6 rings (SSSR count). The summed E-state index contributed by atoms with van der Waals surface area (Å²) in [5, 5.41) is 23.7. The van der Waals surface area contributed by atoms with Crippen LogP contribution in [0.5, 0.6) is 0 Å². The Labute approximate surface area is 237 Å². The molecule has 0 unspecified atom stereocenters. The molecule has 1 aliphatic carbocycles. The van der Waals surface area contributed by atoms with Crippen molar-refractivity contribution < 1.29 is 19.1 Å². The maximum Gasteiger partial charge on any atom is 0.306 e. The smallest absolute Gasteiger partial charge is 0.306 e. The van der Waals surface area contributed by atoms with Crippen molar-refractivity contribution in [2.45, 2.75) is 45.2 Å². The molecule has 7 nitrogen and oxygen atoms in total. The number of nitrogens with one attached hydrogen (secondary N) is 1. The van der Waals surface area contributed by atoms with E-state index in [1.165, 1.54) is 12.1 Å². The number of hydrogen-bond donors (Lipinski definition) is 2. The third-order valence-corrected chi connectivity index (χ3v) is 8.36. The van der Waals surface area contributed by atoms with Crippen molar-refractivity contribution in [1.29, 1.82) is 0 Å². The lowest BCUT2D eigenvalue weighted by molar-refractivity contribution is -0.143. The quantitative estimate of drug-likeness (QED) is 0.243. The average Bonchev–Trinajstić information content (AvgIpc) is 3.39. The van der Waals surface area contributed by atoms with Gasteiger partial charge in [0.1, 0.15) is 16.9 Å². The number of fused-ring (bicyclic) bond motifs is 2. The first-order chi connectivity index (χ1) is 19.9. The molecule has 5 aromatic rings. The minimum absolute atomic E-state index is 0.133. The number of carboxylic acid groups (broad SMARTS) is 1. The Kier molecular flexibility index (Phi) is 7.22. The summed E-state index contributed by atoms with van der Waals surface area (Å²) in [4.78, 5) is 25.2. The van der Waals surface area contributed by atoms with Crippen LogP contribution in [0.2, 0.25) is 0 Å². The van der Waals surface area contributed by atoms with Crippen molar-refractivity contribution >= 4 is 33.7 Å². The molecule has 1 saturated carbocycles. The van der Waals surface area contributed by atoms with Gasteiger partial charge < -0.3 is 10.4 Å². The van der Waals surface area contributed by atoms with Crippen LogP contribution in [0.1, 0.15) is 48.5 Å². The highest BCUT2D eigenvalue weighted by Crippen LogP contribution is 2.32. The van der Waals surface area contributed by atoms with Crippen LogP contribution in [0.4, 0.5) is 4.39 Å². The highest BCUT2D eigenvalue weighted by molar-refractivity contribution is 6.06. The van der Waals surface area contributed by atoms with E-state index in [4.69, 9.17) is 0 Å². The number of carboxylic acids is 1. The van der Waals surface area contributed by atoms with Crippen molar-refractivity contribution in [3.05, 3.63) is 95.8 Å². The molecule has 1 atom stereocenters. The van der Waals surface area contributed by atoms with E-state index in [9.17, 15) is 19.1 Å². The molecule has 0 spiro atoms. The Hall–Kier alpha value is -4.59. The fraction of sp³-hybridized carbons (Fsp3) is 0.273. The molecule has 1 heterocycles. The number of carbonyl (C=O) groups is 2. The Bertz CT molecular complexity index is 1740. The van der Waals surface area contributed by atoms with E-state index >= 15 is 0 Å². The van der Waals surface area contributed by atoms with Crippen LogP contribution in [0.15, 0.2) is 78.9 Å².